The fraction of sp³-hybridized carbons (Fsp3) is 0.333. The minimum Gasteiger partial charge on any atom is -0.346 e. The molecule has 0 bridgehead atoms. The summed E-state index contributed by atoms with van der Waals surface area (Å²) in [6.07, 6.45) is 1.78. The molecule has 0 fully saturated rings. The van der Waals surface area contributed by atoms with E-state index in [0.717, 1.165) is 16.9 Å². The van der Waals surface area contributed by atoms with E-state index in [1.807, 2.05) is 19.9 Å². The van der Waals surface area contributed by atoms with Gasteiger partial charge in [0.1, 0.15) is 11.5 Å². The van der Waals surface area contributed by atoms with Crippen molar-refractivity contribution in [1.82, 2.24) is 30.3 Å². The van der Waals surface area contributed by atoms with Crippen molar-refractivity contribution >= 4 is 16.9 Å². The van der Waals surface area contributed by atoms with Gasteiger partial charge in [-0.1, -0.05) is 5.21 Å². The van der Waals surface area contributed by atoms with E-state index in [2.05, 4.69) is 25.6 Å². The summed E-state index contributed by atoms with van der Waals surface area (Å²) in [5.74, 6) is 0.657. The normalized spacial score (nSPS) is 12.5. The third-order valence-electron chi connectivity index (χ3n) is 3.35. The van der Waals surface area contributed by atoms with Crippen molar-refractivity contribution < 1.29 is 4.79 Å². The number of carbonyl (C=O) groups excluding carboxylic acids is 1. The van der Waals surface area contributed by atoms with E-state index in [1.165, 1.54) is 0 Å². The Hall–Kier alpha value is -2.74. The van der Waals surface area contributed by atoms with Crippen molar-refractivity contribution in [2.75, 3.05) is 0 Å². The Morgan fingerprint density at radius 1 is 1.48 bits per heavy atom. The molecule has 0 saturated carbocycles. The van der Waals surface area contributed by atoms with E-state index in [-0.39, 0.29) is 11.9 Å². The topological polar surface area (TPSA) is 115 Å². The lowest BCUT2D eigenvalue weighted by Gasteiger charge is -2.03. The van der Waals surface area contributed by atoms with E-state index in [9.17, 15) is 4.79 Å². The third kappa shape index (κ3) is 3.54. The molecule has 2 aromatic heterocycles. The summed E-state index contributed by atoms with van der Waals surface area (Å²) in [5.41, 5.74) is 8.67. The first kappa shape index (κ1) is 15.2. The summed E-state index contributed by atoms with van der Waals surface area (Å²) in [5, 5.41) is 10.8. The Morgan fingerprint density at radius 3 is 3.09 bits per heavy atom. The van der Waals surface area contributed by atoms with Gasteiger partial charge in [-0.3, -0.25) is 9.48 Å². The van der Waals surface area contributed by atoms with Crippen molar-refractivity contribution in [1.29, 1.82) is 0 Å². The fourth-order valence-electron chi connectivity index (χ4n) is 2.36. The zero-order valence-electron chi connectivity index (χ0n) is 13.1. The summed E-state index contributed by atoms with van der Waals surface area (Å²) in [4.78, 5) is 19.7. The van der Waals surface area contributed by atoms with Crippen LogP contribution >= 0.6 is 0 Å². The fourth-order valence-corrected chi connectivity index (χ4v) is 2.36. The van der Waals surface area contributed by atoms with Crippen molar-refractivity contribution in [3.05, 3.63) is 41.5 Å². The van der Waals surface area contributed by atoms with Gasteiger partial charge in [-0.2, -0.15) is 0 Å². The van der Waals surface area contributed by atoms with Gasteiger partial charge in [-0.05, 0) is 32.0 Å². The average molecular weight is 313 g/mol. The second-order valence-electron chi connectivity index (χ2n) is 5.65. The number of H-pyrrole nitrogens is 1. The number of benzene rings is 1. The molecule has 120 valence electrons. The highest BCUT2D eigenvalue weighted by molar-refractivity contribution is 5.97. The molecule has 8 heteroatoms. The van der Waals surface area contributed by atoms with E-state index < -0.39 is 0 Å². The summed E-state index contributed by atoms with van der Waals surface area (Å²) in [6, 6.07) is 5.37. The predicted octanol–water partition coefficient (Wildman–Crippen LogP) is 0.740. The predicted molar refractivity (Wildman–Crippen MR) is 85.7 cm³/mol. The molecule has 0 aliphatic heterocycles. The number of amides is 1. The van der Waals surface area contributed by atoms with Crippen molar-refractivity contribution in [3.63, 3.8) is 0 Å². The number of nitrogens with two attached hydrogens (primary N) is 1. The van der Waals surface area contributed by atoms with Gasteiger partial charge in [0.15, 0.2) is 0 Å². The van der Waals surface area contributed by atoms with Crippen LogP contribution in [0.5, 0.6) is 0 Å². The van der Waals surface area contributed by atoms with Crippen LogP contribution in [0.2, 0.25) is 0 Å². The Balaban J connectivity index is 1.64. The van der Waals surface area contributed by atoms with Gasteiger partial charge in [-0.15, -0.1) is 5.10 Å². The first-order valence-electron chi connectivity index (χ1n) is 7.40. The number of aromatic nitrogens is 5. The standard InChI is InChI=1S/C15H19N7O/c1-9(16)7-22-8-12(20-21-22)6-17-15(23)11-3-4-13-14(5-11)19-10(2)18-13/h3-5,8-9H,6-7,16H2,1-2H3,(H,17,23)(H,18,19)/t9-/m0/s1. The molecule has 3 aromatic rings. The molecule has 0 aliphatic carbocycles. The summed E-state index contributed by atoms with van der Waals surface area (Å²) in [6.45, 7) is 4.69. The first-order valence-corrected chi connectivity index (χ1v) is 7.40. The molecule has 3 rings (SSSR count). The first-order chi connectivity index (χ1) is 11.0. The van der Waals surface area contributed by atoms with Gasteiger partial charge in [0.2, 0.25) is 0 Å². The Kier molecular flexibility index (Phi) is 4.07. The maximum Gasteiger partial charge on any atom is 0.251 e. The lowest BCUT2D eigenvalue weighted by Crippen LogP contribution is -2.23. The molecule has 1 aromatic carbocycles. The van der Waals surface area contributed by atoms with Crippen LogP contribution in [0.4, 0.5) is 0 Å². The summed E-state index contributed by atoms with van der Waals surface area (Å²) in [7, 11) is 0. The van der Waals surface area contributed by atoms with E-state index in [4.69, 9.17) is 5.73 Å². The third-order valence-corrected chi connectivity index (χ3v) is 3.35. The van der Waals surface area contributed by atoms with Crippen molar-refractivity contribution in [2.45, 2.75) is 33.0 Å². The van der Waals surface area contributed by atoms with Gasteiger partial charge in [0, 0.05) is 11.6 Å². The molecule has 0 radical (unpaired) electrons. The molecule has 2 heterocycles. The molecule has 8 nitrogen and oxygen atoms in total. The maximum absolute atomic E-state index is 12.2. The lowest BCUT2D eigenvalue weighted by molar-refractivity contribution is 0.0950. The van der Waals surface area contributed by atoms with Gasteiger partial charge in [0.25, 0.3) is 5.91 Å². The van der Waals surface area contributed by atoms with Crippen LogP contribution in [0.1, 0.15) is 28.8 Å². The van der Waals surface area contributed by atoms with E-state index >= 15 is 0 Å². The summed E-state index contributed by atoms with van der Waals surface area (Å²) < 4.78 is 1.67. The number of fused-ring (bicyclic) bond motifs is 1. The van der Waals surface area contributed by atoms with Gasteiger partial charge < -0.3 is 16.0 Å². The highest BCUT2D eigenvalue weighted by Gasteiger charge is 2.09. The minimum absolute atomic E-state index is 0.00345. The monoisotopic (exact) mass is 313 g/mol. The van der Waals surface area contributed by atoms with Crippen molar-refractivity contribution in [2.24, 2.45) is 5.73 Å². The molecule has 0 spiro atoms. The number of aryl methyl sites for hydroxylation is 1. The number of nitrogens with one attached hydrogen (secondary N) is 2. The van der Waals surface area contributed by atoms with Crippen LogP contribution in [-0.4, -0.2) is 36.9 Å². The number of carbonyl (C=O) groups is 1. The van der Waals surface area contributed by atoms with Crippen LogP contribution in [0, 0.1) is 6.92 Å². The highest BCUT2D eigenvalue weighted by atomic mass is 16.1. The van der Waals surface area contributed by atoms with Crippen LogP contribution in [0.25, 0.3) is 11.0 Å². The second kappa shape index (κ2) is 6.17. The van der Waals surface area contributed by atoms with Gasteiger partial charge in [0.05, 0.1) is 30.3 Å². The molecular formula is C15H19N7O. The molecule has 4 N–H and O–H groups in total. The average Bonchev–Trinajstić information content (AvgIpc) is 3.08. The van der Waals surface area contributed by atoms with Crippen LogP contribution in [0.15, 0.2) is 24.4 Å². The van der Waals surface area contributed by atoms with Gasteiger partial charge in [-0.25, -0.2) is 4.98 Å². The van der Waals surface area contributed by atoms with Crippen molar-refractivity contribution in [3.8, 4) is 0 Å². The van der Waals surface area contributed by atoms with Crippen LogP contribution in [-0.2, 0) is 13.1 Å². The SMILES string of the molecule is Cc1nc2ccc(C(=O)NCc3cn(C[C@H](C)N)nn3)cc2[nH]1. The molecule has 0 aliphatic rings. The smallest absolute Gasteiger partial charge is 0.251 e. The molecule has 23 heavy (non-hydrogen) atoms. The molecule has 0 unspecified atom stereocenters. The van der Waals surface area contributed by atoms with Crippen LogP contribution in [0.3, 0.4) is 0 Å². The number of imidazole rings is 1. The van der Waals surface area contributed by atoms with E-state index in [1.54, 1.807) is 23.0 Å². The zero-order valence-corrected chi connectivity index (χ0v) is 13.1. The molecule has 1 amide bonds. The van der Waals surface area contributed by atoms with Gasteiger partial charge >= 0.3 is 0 Å². The quantitative estimate of drug-likeness (QED) is 0.642. The maximum atomic E-state index is 12.2. The number of hydrogen-bond donors (Lipinski definition) is 3. The number of hydrogen-bond acceptors (Lipinski definition) is 5. The number of aromatic amines is 1. The molecule has 0 saturated heterocycles. The lowest BCUT2D eigenvalue weighted by atomic mass is 10.2. The minimum atomic E-state index is -0.166. The zero-order chi connectivity index (χ0) is 16.4. The van der Waals surface area contributed by atoms with Crippen LogP contribution < -0.4 is 11.1 Å². The second-order valence-corrected chi connectivity index (χ2v) is 5.65. The highest BCUT2D eigenvalue weighted by Crippen LogP contribution is 2.13. The molecular weight excluding hydrogens is 294 g/mol. The van der Waals surface area contributed by atoms with E-state index in [0.29, 0.717) is 24.3 Å². The largest absolute Gasteiger partial charge is 0.346 e. The Bertz CT molecular complexity index is 833. The number of rotatable bonds is 5. The Labute approximate surface area is 133 Å². The number of nitrogens with zero attached hydrogens (tertiary/aromatic N) is 4. The summed E-state index contributed by atoms with van der Waals surface area (Å²) >= 11 is 0. The Morgan fingerprint density at radius 2 is 2.30 bits per heavy atom. The molecule has 1 atom stereocenters.